The van der Waals surface area contributed by atoms with Gasteiger partial charge in [-0.2, -0.15) is 0 Å². The first-order chi connectivity index (χ1) is 6.66. The summed E-state index contributed by atoms with van der Waals surface area (Å²) in [6.07, 6.45) is 2.87. The summed E-state index contributed by atoms with van der Waals surface area (Å²) >= 11 is 0. The Morgan fingerprint density at radius 2 is 2.36 bits per heavy atom. The third-order valence-electron chi connectivity index (χ3n) is 2.71. The molecule has 1 aliphatic heterocycles. The fraction of sp³-hybridized carbons (Fsp3) is 0.778. The first-order valence-corrected chi connectivity index (χ1v) is 4.98. The zero-order chi connectivity index (χ0) is 10.1. The molecule has 0 bridgehead atoms. The largest absolute Gasteiger partial charge is 0.381 e. The number of hydrogen-bond donors (Lipinski definition) is 1. The van der Waals surface area contributed by atoms with E-state index in [1.54, 1.807) is 0 Å². The van der Waals surface area contributed by atoms with E-state index in [1.165, 1.54) is 0 Å². The van der Waals surface area contributed by atoms with Crippen molar-refractivity contribution in [3.8, 4) is 0 Å². The van der Waals surface area contributed by atoms with E-state index in [0.29, 0.717) is 11.9 Å². The van der Waals surface area contributed by atoms with Crippen LogP contribution in [-0.4, -0.2) is 27.2 Å². The van der Waals surface area contributed by atoms with Gasteiger partial charge in [0.1, 0.15) is 0 Å². The zero-order valence-corrected chi connectivity index (χ0v) is 8.60. The summed E-state index contributed by atoms with van der Waals surface area (Å²) in [6, 6.07) is 0. The molecule has 2 heterocycles. The van der Waals surface area contributed by atoms with Crippen LogP contribution in [0, 0.1) is 6.92 Å². The van der Waals surface area contributed by atoms with Crippen molar-refractivity contribution in [1.29, 1.82) is 0 Å². The van der Waals surface area contributed by atoms with Gasteiger partial charge in [0, 0.05) is 0 Å². The number of rotatable bonds is 2. The molecule has 14 heavy (non-hydrogen) atoms. The number of aromatic nitrogens is 3. The predicted molar refractivity (Wildman–Crippen MR) is 52.7 cm³/mol. The first kappa shape index (κ1) is 9.45. The number of hydrogen-bond acceptors (Lipinski definition) is 4. The molecular weight excluding hydrogens is 180 g/mol. The number of ether oxygens (including phenoxy) is 1. The standard InChI is InChI=1S/C9H16N4O/c1-6-3-4-8(14-6)5-13-7(2)9(10)11-12-13/h6,8H,3-5,10H2,1-2H3. The van der Waals surface area contributed by atoms with Gasteiger partial charge in [-0.1, -0.05) is 5.21 Å². The van der Waals surface area contributed by atoms with Crippen LogP contribution < -0.4 is 5.73 Å². The lowest BCUT2D eigenvalue weighted by molar-refractivity contribution is 0.0430. The molecule has 2 atom stereocenters. The molecule has 0 radical (unpaired) electrons. The number of anilines is 1. The van der Waals surface area contributed by atoms with Gasteiger partial charge in [0.05, 0.1) is 24.4 Å². The summed E-state index contributed by atoms with van der Waals surface area (Å²) < 4.78 is 7.52. The maximum absolute atomic E-state index is 5.70. The molecule has 0 saturated carbocycles. The number of nitrogen functional groups attached to an aromatic ring is 1. The molecule has 1 aromatic rings. The van der Waals surface area contributed by atoms with E-state index in [-0.39, 0.29) is 6.10 Å². The molecule has 0 aliphatic carbocycles. The average molecular weight is 196 g/mol. The second-order valence-corrected chi connectivity index (χ2v) is 3.89. The monoisotopic (exact) mass is 196 g/mol. The molecule has 5 nitrogen and oxygen atoms in total. The molecule has 1 aromatic heterocycles. The van der Waals surface area contributed by atoms with Crippen molar-refractivity contribution in [1.82, 2.24) is 15.0 Å². The van der Waals surface area contributed by atoms with E-state index in [9.17, 15) is 0 Å². The van der Waals surface area contributed by atoms with E-state index in [0.717, 1.165) is 25.1 Å². The minimum atomic E-state index is 0.268. The van der Waals surface area contributed by atoms with Crippen molar-refractivity contribution in [2.45, 2.75) is 45.4 Å². The van der Waals surface area contributed by atoms with Crippen molar-refractivity contribution in [3.05, 3.63) is 5.69 Å². The molecule has 2 rings (SSSR count). The molecule has 1 saturated heterocycles. The fourth-order valence-electron chi connectivity index (χ4n) is 1.76. The highest BCUT2D eigenvalue weighted by Gasteiger charge is 2.23. The highest BCUT2D eigenvalue weighted by molar-refractivity contribution is 5.31. The molecule has 1 aliphatic rings. The van der Waals surface area contributed by atoms with Crippen molar-refractivity contribution >= 4 is 5.82 Å². The third kappa shape index (κ3) is 1.72. The van der Waals surface area contributed by atoms with Crippen LogP contribution in [0.5, 0.6) is 0 Å². The summed E-state index contributed by atoms with van der Waals surface area (Å²) in [7, 11) is 0. The maximum atomic E-state index is 5.70. The Hall–Kier alpha value is -1.10. The number of nitrogens with two attached hydrogens (primary N) is 1. The van der Waals surface area contributed by atoms with Crippen LogP contribution in [0.15, 0.2) is 0 Å². The molecule has 0 spiro atoms. The van der Waals surface area contributed by atoms with Crippen LogP contribution in [0.1, 0.15) is 25.5 Å². The summed E-state index contributed by atoms with van der Waals surface area (Å²) in [4.78, 5) is 0. The Balaban J connectivity index is 2.01. The average Bonchev–Trinajstić information content (AvgIpc) is 2.67. The van der Waals surface area contributed by atoms with Crippen molar-refractivity contribution < 1.29 is 4.74 Å². The van der Waals surface area contributed by atoms with E-state index in [1.807, 2.05) is 11.6 Å². The van der Waals surface area contributed by atoms with Gasteiger partial charge in [0.2, 0.25) is 0 Å². The van der Waals surface area contributed by atoms with Gasteiger partial charge in [0.15, 0.2) is 5.82 Å². The molecule has 2 unspecified atom stereocenters. The van der Waals surface area contributed by atoms with Gasteiger partial charge in [0.25, 0.3) is 0 Å². The molecular formula is C9H16N4O. The van der Waals surface area contributed by atoms with E-state index >= 15 is 0 Å². The van der Waals surface area contributed by atoms with E-state index in [4.69, 9.17) is 10.5 Å². The SMILES string of the molecule is Cc1c(N)nnn1CC1CCC(C)O1. The summed E-state index contributed by atoms with van der Waals surface area (Å²) in [5.74, 6) is 0.510. The molecule has 5 heteroatoms. The second kappa shape index (κ2) is 3.57. The van der Waals surface area contributed by atoms with Crippen LogP contribution in [-0.2, 0) is 11.3 Å². The minimum absolute atomic E-state index is 0.268. The Labute approximate surface area is 83.2 Å². The van der Waals surface area contributed by atoms with E-state index in [2.05, 4.69) is 17.2 Å². The normalized spacial score (nSPS) is 27.0. The lowest BCUT2D eigenvalue weighted by Crippen LogP contribution is -2.18. The highest BCUT2D eigenvalue weighted by atomic mass is 16.5. The van der Waals surface area contributed by atoms with Crippen molar-refractivity contribution in [3.63, 3.8) is 0 Å². The van der Waals surface area contributed by atoms with Gasteiger partial charge >= 0.3 is 0 Å². The van der Waals surface area contributed by atoms with Crippen molar-refractivity contribution in [2.24, 2.45) is 0 Å². The minimum Gasteiger partial charge on any atom is -0.381 e. The van der Waals surface area contributed by atoms with Crippen LogP contribution in [0.3, 0.4) is 0 Å². The van der Waals surface area contributed by atoms with Gasteiger partial charge in [-0.05, 0) is 26.7 Å². The molecule has 0 aromatic carbocycles. The van der Waals surface area contributed by atoms with Crippen LogP contribution in [0.25, 0.3) is 0 Å². The van der Waals surface area contributed by atoms with Gasteiger partial charge in [-0.25, -0.2) is 4.68 Å². The lowest BCUT2D eigenvalue weighted by atomic mass is 10.2. The zero-order valence-electron chi connectivity index (χ0n) is 8.60. The lowest BCUT2D eigenvalue weighted by Gasteiger charge is -2.11. The number of nitrogens with zero attached hydrogens (tertiary/aromatic N) is 3. The third-order valence-corrected chi connectivity index (χ3v) is 2.71. The van der Waals surface area contributed by atoms with E-state index < -0.39 is 0 Å². The Morgan fingerprint density at radius 1 is 1.57 bits per heavy atom. The van der Waals surface area contributed by atoms with Crippen LogP contribution in [0.2, 0.25) is 0 Å². The Morgan fingerprint density at radius 3 is 2.86 bits per heavy atom. The van der Waals surface area contributed by atoms with Gasteiger partial charge in [-0.15, -0.1) is 5.10 Å². The smallest absolute Gasteiger partial charge is 0.168 e. The van der Waals surface area contributed by atoms with Crippen molar-refractivity contribution in [2.75, 3.05) is 5.73 Å². The fourth-order valence-corrected chi connectivity index (χ4v) is 1.76. The Bertz CT molecular complexity index is 323. The van der Waals surface area contributed by atoms with Crippen LogP contribution >= 0.6 is 0 Å². The summed E-state index contributed by atoms with van der Waals surface area (Å²) in [5.41, 5.74) is 6.53. The maximum Gasteiger partial charge on any atom is 0.168 e. The van der Waals surface area contributed by atoms with Gasteiger partial charge < -0.3 is 10.5 Å². The van der Waals surface area contributed by atoms with Gasteiger partial charge in [-0.3, -0.25) is 0 Å². The Kier molecular flexibility index (Phi) is 2.41. The molecule has 2 N–H and O–H groups in total. The summed E-state index contributed by atoms with van der Waals surface area (Å²) in [6.45, 7) is 4.79. The first-order valence-electron chi connectivity index (χ1n) is 4.98. The quantitative estimate of drug-likeness (QED) is 0.757. The molecule has 0 amide bonds. The van der Waals surface area contributed by atoms with Crippen LogP contribution in [0.4, 0.5) is 5.82 Å². The second-order valence-electron chi connectivity index (χ2n) is 3.89. The molecule has 1 fully saturated rings. The highest BCUT2D eigenvalue weighted by Crippen LogP contribution is 2.20. The topological polar surface area (TPSA) is 66.0 Å². The molecule has 78 valence electrons. The summed E-state index contributed by atoms with van der Waals surface area (Å²) in [5, 5.41) is 7.78. The predicted octanol–water partition coefficient (Wildman–Crippen LogP) is 0.736.